The molecule has 1 aromatic carbocycles. The summed E-state index contributed by atoms with van der Waals surface area (Å²) in [5, 5.41) is 1.14. The van der Waals surface area contributed by atoms with E-state index in [0.29, 0.717) is 0 Å². The highest BCUT2D eigenvalue weighted by Gasteiger charge is 2.21. The summed E-state index contributed by atoms with van der Waals surface area (Å²) in [7, 11) is 4.37. The van der Waals surface area contributed by atoms with E-state index < -0.39 is 0 Å². The van der Waals surface area contributed by atoms with E-state index in [1.165, 1.54) is 24.2 Å². The lowest BCUT2D eigenvalue weighted by atomic mass is 10.1. The molecule has 0 saturated carbocycles. The van der Waals surface area contributed by atoms with Crippen LogP contribution in [0.5, 0.6) is 0 Å². The number of hydrogen-bond acceptors (Lipinski definition) is 4. The number of fused-ring (bicyclic) bond motifs is 1. The summed E-state index contributed by atoms with van der Waals surface area (Å²) in [5.41, 5.74) is 1.12. The van der Waals surface area contributed by atoms with Gasteiger partial charge < -0.3 is 9.80 Å². The molecule has 3 rings (SSSR count). The number of nitrogens with zero attached hydrogens (tertiary/aromatic N) is 3. The van der Waals surface area contributed by atoms with Gasteiger partial charge in [-0.2, -0.15) is 0 Å². The number of anilines is 1. The summed E-state index contributed by atoms with van der Waals surface area (Å²) in [5.74, 6) is 0.784. The molecule has 0 radical (unpaired) electrons. The molecule has 2 heterocycles. The average Bonchev–Trinajstić information content (AvgIpc) is 2.95. The number of likely N-dealkylation sites (tertiary alicyclic amines) is 1. The fourth-order valence-corrected chi connectivity index (χ4v) is 3.60. The van der Waals surface area contributed by atoms with Gasteiger partial charge in [0, 0.05) is 20.1 Å². The van der Waals surface area contributed by atoms with E-state index in [9.17, 15) is 0 Å². The number of para-hydroxylation sites is 1. The van der Waals surface area contributed by atoms with E-state index in [-0.39, 0.29) is 0 Å². The standard InChI is InChI=1S/C14H19N3S/c1-16-8-7-11(9-16)10-17(2)14-15-12-5-3-4-6-13(12)18-14/h3-6,11H,7-10H2,1-2H3. The molecule has 0 aliphatic carbocycles. The molecule has 3 nitrogen and oxygen atoms in total. The zero-order chi connectivity index (χ0) is 12.5. The fourth-order valence-electron chi connectivity index (χ4n) is 2.66. The summed E-state index contributed by atoms with van der Waals surface area (Å²) in [4.78, 5) is 9.43. The number of thiazole rings is 1. The van der Waals surface area contributed by atoms with E-state index in [2.05, 4.69) is 48.2 Å². The first-order valence-corrected chi connectivity index (χ1v) is 7.29. The van der Waals surface area contributed by atoms with Gasteiger partial charge in [0.15, 0.2) is 5.13 Å². The number of aromatic nitrogens is 1. The summed E-state index contributed by atoms with van der Waals surface area (Å²) >= 11 is 1.79. The molecule has 0 amide bonds. The third-order valence-electron chi connectivity index (χ3n) is 3.63. The second kappa shape index (κ2) is 4.86. The molecule has 0 spiro atoms. The van der Waals surface area contributed by atoms with Gasteiger partial charge in [0.2, 0.25) is 0 Å². The quantitative estimate of drug-likeness (QED) is 0.847. The minimum atomic E-state index is 0.784. The van der Waals surface area contributed by atoms with Crippen molar-refractivity contribution in [2.24, 2.45) is 5.92 Å². The molecule has 0 bridgehead atoms. The van der Waals surface area contributed by atoms with Gasteiger partial charge in [-0.3, -0.25) is 0 Å². The van der Waals surface area contributed by atoms with Crippen LogP contribution in [0.25, 0.3) is 10.2 Å². The maximum atomic E-state index is 4.70. The predicted octanol–water partition coefficient (Wildman–Crippen LogP) is 2.68. The van der Waals surface area contributed by atoms with Crippen LogP contribution in [0.4, 0.5) is 5.13 Å². The summed E-state index contributed by atoms with van der Waals surface area (Å²) in [6.45, 7) is 3.57. The third kappa shape index (κ3) is 2.35. The maximum absolute atomic E-state index is 4.70. The van der Waals surface area contributed by atoms with Crippen LogP contribution in [0.15, 0.2) is 24.3 Å². The van der Waals surface area contributed by atoms with Gasteiger partial charge in [0.1, 0.15) is 0 Å². The van der Waals surface area contributed by atoms with Crippen molar-refractivity contribution >= 4 is 26.7 Å². The largest absolute Gasteiger partial charge is 0.351 e. The van der Waals surface area contributed by atoms with E-state index in [0.717, 1.165) is 23.1 Å². The highest BCUT2D eigenvalue weighted by molar-refractivity contribution is 7.22. The summed E-state index contributed by atoms with van der Waals surface area (Å²) in [6.07, 6.45) is 1.31. The smallest absolute Gasteiger partial charge is 0.186 e. The van der Waals surface area contributed by atoms with Gasteiger partial charge >= 0.3 is 0 Å². The second-order valence-corrected chi connectivity index (χ2v) is 6.27. The molecule has 96 valence electrons. The van der Waals surface area contributed by atoms with Crippen molar-refractivity contribution in [2.45, 2.75) is 6.42 Å². The predicted molar refractivity (Wildman–Crippen MR) is 78.5 cm³/mol. The SMILES string of the molecule is CN1CCC(CN(C)c2nc3ccccc3s2)C1. The molecule has 1 aliphatic rings. The lowest BCUT2D eigenvalue weighted by molar-refractivity contribution is 0.396. The van der Waals surface area contributed by atoms with E-state index in [1.807, 2.05) is 0 Å². The minimum Gasteiger partial charge on any atom is -0.351 e. The third-order valence-corrected chi connectivity index (χ3v) is 4.78. The molecule has 4 heteroatoms. The van der Waals surface area contributed by atoms with Crippen molar-refractivity contribution < 1.29 is 0 Å². The lowest BCUT2D eigenvalue weighted by Crippen LogP contribution is -2.27. The molecule has 18 heavy (non-hydrogen) atoms. The number of rotatable bonds is 3. The molecule has 2 aromatic rings. The maximum Gasteiger partial charge on any atom is 0.186 e. The van der Waals surface area contributed by atoms with Crippen LogP contribution in [0.3, 0.4) is 0 Å². The van der Waals surface area contributed by atoms with Gasteiger partial charge in [-0.25, -0.2) is 4.98 Å². The highest BCUT2D eigenvalue weighted by atomic mass is 32.1. The van der Waals surface area contributed by atoms with Crippen molar-refractivity contribution in [3.63, 3.8) is 0 Å². The molecular formula is C14H19N3S. The van der Waals surface area contributed by atoms with Gasteiger partial charge in [0.25, 0.3) is 0 Å². The minimum absolute atomic E-state index is 0.784. The fraction of sp³-hybridized carbons (Fsp3) is 0.500. The number of benzene rings is 1. The molecule has 0 N–H and O–H groups in total. The topological polar surface area (TPSA) is 19.4 Å². The van der Waals surface area contributed by atoms with Gasteiger partial charge in [0.05, 0.1) is 10.2 Å². The van der Waals surface area contributed by atoms with Gasteiger partial charge in [-0.1, -0.05) is 23.5 Å². The van der Waals surface area contributed by atoms with Crippen molar-refractivity contribution in [1.29, 1.82) is 0 Å². The van der Waals surface area contributed by atoms with Crippen molar-refractivity contribution in [2.75, 3.05) is 38.6 Å². The molecule has 1 atom stereocenters. The van der Waals surface area contributed by atoms with Crippen molar-refractivity contribution in [3.8, 4) is 0 Å². The molecule has 1 saturated heterocycles. The Morgan fingerprint density at radius 2 is 2.28 bits per heavy atom. The van der Waals surface area contributed by atoms with Crippen LogP contribution in [-0.4, -0.2) is 43.6 Å². The van der Waals surface area contributed by atoms with Crippen LogP contribution >= 0.6 is 11.3 Å². The first-order chi connectivity index (χ1) is 8.72. The highest BCUT2D eigenvalue weighted by Crippen LogP contribution is 2.29. The first kappa shape index (κ1) is 11.9. The second-order valence-electron chi connectivity index (χ2n) is 5.26. The van der Waals surface area contributed by atoms with Crippen LogP contribution in [0.2, 0.25) is 0 Å². The number of hydrogen-bond donors (Lipinski definition) is 0. The Kier molecular flexibility index (Phi) is 3.22. The molecule has 1 fully saturated rings. The van der Waals surface area contributed by atoms with Crippen LogP contribution in [0, 0.1) is 5.92 Å². The van der Waals surface area contributed by atoms with Gasteiger partial charge in [-0.05, 0) is 38.1 Å². The van der Waals surface area contributed by atoms with Crippen molar-refractivity contribution in [1.82, 2.24) is 9.88 Å². The average molecular weight is 261 g/mol. The zero-order valence-corrected chi connectivity index (χ0v) is 11.8. The van der Waals surface area contributed by atoms with E-state index in [4.69, 9.17) is 4.98 Å². The lowest BCUT2D eigenvalue weighted by Gasteiger charge is -2.20. The Morgan fingerprint density at radius 3 is 3.00 bits per heavy atom. The first-order valence-electron chi connectivity index (χ1n) is 6.47. The van der Waals surface area contributed by atoms with E-state index >= 15 is 0 Å². The van der Waals surface area contributed by atoms with Crippen LogP contribution in [-0.2, 0) is 0 Å². The van der Waals surface area contributed by atoms with Crippen LogP contribution in [0.1, 0.15) is 6.42 Å². The Balaban J connectivity index is 1.73. The molecule has 1 aliphatic heterocycles. The molecule has 1 unspecified atom stereocenters. The van der Waals surface area contributed by atoms with Crippen LogP contribution < -0.4 is 4.90 Å². The monoisotopic (exact) mass is 261 g/mol. The summed E-state index contributed by atoms with van der Waals surface area (Å²) < 4.78 is 1.28. The Hall–Kier alpha value is -1.13. The summed E-state index contributed by atoms with van der Waals surface area (Å²) in [6, 6.07) is 8.37. The normalized spacial score (nSPS) is 20.7. The molecule has 1 aromatic heterocycles. The van der Waals surface area contributed by atoms with Gasteiger partial charge in [-0.15, -0.1) is 0 Å². The van der Waals surface area contributed by atoms with Crippen molar-refractivity contribution in [3.05, 3.63) is 24.3 Å². The Morgan fingerprint density at radius 1 is 1.44 bits per heavy atom. The Labute approximate surface area is 112 Å². The molecular weight excluding hydrogens is 242 g/mol. The zero-order valence-electron chi connectivity index (χ0n) is 11.0. The Bertz CT molecular complexity index is 504. The van der Waals surface area contributed by atoms with E-state index in [1.54, 1.807) is 11.3 Å².